The van der Waals surface area contributed by atoms with E-state index in [4.69, 9.17) is 15.2 Å². The van der Waals surface area contributed by atoms with E-state index in [0.29, 0.717) is 11.7 Å². The van der Waals surface area contributed by atoms with Crippen molar-refractivity contribution in [3.05, 3.63) is 18.5 Å². The molecule has 3 rings (SSSR count). The Balaban J connectivity index is 1.42. The fourth-order valence-electron chi connectivity index (χ4n) is 2.96. The molecule has 6 heteroatoms. The van der Waals surface area contributed by atoms with Gasteiger partial charge in [0.25, 0.3) is 0 Å². The van der Waals surface area contributed by atoms with Crippen LogP contribution < -0.4 is 11.1 Å². The van der Waals surface area contributed by atoms with Crippen LogP contribution in [-0.4, -0.2) is 61.5 Å². The van der Waals surface area contributed by atoms with Crippen molar-refractivity contribution in [2.75, 3.05) is 50.5 Å². The molecule has 1 unspecified atom stereocenters. The van der Waals surface area contributed by atoms with E-state index in [0.717, 1.165) is 58.0 Å². The molecule has 0 amide bonds. The van der Waals surface area contributed by atoms with Gasteiger partial charge in [0.1, 0.15) is 0 Å². The molecule has 0 spiro atoms. The van der Waals surface area contributed by atoms with E-state index in [-0.39, 0.29) is 6.10 Å². The number of ether oxygens (including phenoxy) is 2. The maximum Gasteiger partial charge on any atom is 0.0936 e. The summed E-state index contributed by atoms with van der Waals surface area (Å²) in [6, 6.07) is 2.43. The zero-order chi connectivity index (χ0) is 14.5. The van der Waals surface area contributed by atoms with E-state index < -0.39 is 0 Å². The van der Waals surface area contributed by atoms with Crippen LogP contribution in [0.2, 0.25) is 0 Å². The summed E-state index contributed by atoms with van der Waals surface area (Å²) in [6.07, 6.45) is 5.99. The molecule has 2 aliphatic heterocycles. The first kappa shape index (κ1) is 14.6. The van der Waals surface area contributed by atoms with Gasteiger partial charge in [-0.2, -0.15) is 0 Å². The predicted octanol–water partition coefficient (Wildman–Crippen LogP) is 0.956. The Bertz CT molecular complexity index is 443. The lowest BCUT2D eigenvalue weighted by molar-refractivity contribution is -0.0986. The van der Waals surface area contributed by atoms with Gasteiger partial charge in [-0.05, 0) is 18.9 Å². The van der Waals surface area contributed by atoms with E-state index in [1.165, 1.54) is 0 Å². The zero-order valence-corrected chi connectivity index (χ0v) is 12.3. The van der Waals surface area contributed by atoms with Crippen molar-refractivity contribution in [2.24, 2.45) is 0 Å². The third-order valence-electron chi connectivity index (χ3n) is 4.06. The number of nitrogens with two attached hydrogens (primary N) is 1. The molecule has 3 N–H and O–H groups in total. The van der Waals surface area contributed by atoms with Gasteiger partial charge in [0, 0.05) is 31.9 Å². The molecule has 2 fully saturated rings. The van der Waals surface area contributed by atoms with Gasteiger partial charge in [0.2, 0.25) is 0 Å². The fourth-order valence-corrected chi connectivity index (χ4v) is 2.96. The number of hydrogen-bond acceptors (Lipinski definition) is 6. The van der Waals surface area contributed by atoms with Crippen LogP contribution in [0.15, 0.2) is 18.5 Å². The van der Waals surface area contributed by atoms with Crippen molar-refractivity contribution in [1.82, 2.24) is 9.88 Å². The number of piperidine rings is 1. The summed E-state index contributed by atoms with van der Waals surface area (Å²) < 4.78 is 11.2. The number of anilines is 2. The first-order chi connectivity index (χ1) is 10.3. The molecule has 116 valence electrons. The summed E-state index contributed by atoms with van der Waals surface area (Å²) in [7, 11) is 0. The highest BCUT2D eigenvalue weighted by Crippen LogP contribution is 2.18. The summed E-state index contributed by atoms with van der Waals surface area (Å²) in [5, 5.41) is 3.52. The summed E-state index contributed by atoms with van der Waals surface area (Å²) in [6.45, 7) is 5.35. The predicted molar refractivity (Wildman–Crippen MR) is 82.3 cm³/mol. The van der Waals surface area contributed by atoms with Gasteiger partial charge in [0.05, 0.1) is 43.5 Å². The molecule has 1 aromatic rings. The quantitative estimate of drug-likeness (QED) is 0.861. The van der Waals surface area contributed by atoms with Crippen molar-refractivity contribution >= 4 is 11.4 Å². The number of nitrogens with one attached hydrogen (secondary N) is 1. The molecule has 0 bridgehead atoms. The Hall–Kier alpha value is -1.37. The zero-order valence-electron chi connectivity index (χ0n) is 12.3. The second-order valence-corrected chi connectivity index (χ2v) is 5.79. The lowest BCUT2D eigenvalue weighted by Gasteiger charge is -2.35. The highest BCUT2D eigenvalue weighted by molar-refractivity contribution is 5.51. The second-order valence-electron chi connectivity index (χ2n) is 5.79. The summed E-state index contributed by atoms with van der Waals surface area (Å²) in [5.74, 6) is 0. The monoisotopic (exact) mass is 292 g/mol. The molecule has 2 aliphatic rings. The van der Waals surface area contributed by atoms with Crippen LogP contribution in [0.4, 0.5) is 11.4 Å². The number of likely N-dealkylation sites (tertiary alicyclic amines) is 1. The lowest BCUT2D eigenvalue weighted by Crippen LogP contribution is -2.45. The van der Waals surface area contributed by atoms with Crippen LogP contribution in [0, 0.1) is 0 Å². The van der Waals surface area contributed by atoms with Crippen LogP contribution in [0.5, 0.6) is 0 Å². The van der Waals surface area contributed by atoms with Crippen molar-refractivity contribution in [2.45, 2.75) is 25.0 Å². The number of rotatable bonds is 4. The minimum Gasteiger partial charge on any atom is -0.397 e. The van der Waals surface area contributed by atoms with Gasteiger partial charge in [-0.1, -0.05) is 0 Å². The van der Waals surface area contributed by atoms with Crippen LogP contribution in [0.1, 0.15) is 12.8 Å². The Kier molecular flexibility index (Phi) is 4.90. The Morgan fingerprint density at radius 1 is 1.29 bits per heavy atom. The molecule has 2 saturated heterocycles. The third kappa shape index (κ3) is 4.30. The number of nitrogens with zero attached hydrogens (tertiary/aromatic N) is 2. The van der Waals surface area contributed by atoms with Crippen LogP contribution in [0.3, 0.4) is 0 Å². The number of nitrogen functional groups attached to an aromatic ring is 1. The average Bonchev–Trinajstić information content (AvgIpc) is 2.50. The third-order valence-corrected chi connectivity index (χ3v) is 4.06. The molecule has 0 aromatic carbocycles. The van der Waals surface area contributed by atoms with E-state index in [1.807, 2.05) is 12.3 Å². The average molecular weight is 292 g/mol. The lowest BCUT2D eigenvalue weighted by atomic mass is 10.0. The van der Waals surface area contributed by atoms with E-state index in [1.54, 1.807) is 6.20 Å². The molecule has 1 aromatic heterocycles. The summed E-state index contributed by atoms with van der Waals surface area (Å²) >= 11 is 0. The summed E-state index contributed by atoms with van der Waals surface area (Å²) in [5.41, 5.74) is 7.47. The molecule has 0 saturated carbocycles. The van der Waals surface area contributed by atoms with Crippen molar-refractivity contribution < 1.29 is 9.47 Å². The summed E-state index contributed by atoms with van der Waals surface area (Å²) in [4.78, 5) is 6.58. The number of aromatic nitrogens is 1. The molecule has 6 nitrogen and oxygen atoms in total. The topological polar surface area (TPSA) is 72.6 Å². The van der Waals surface area contributed by atoms with Crippen LogP contribution in [-0.2, 0) is 9.47 Å². The Morgan fingerprint density at radius 2 is 2.14 bits per heavy atom. The molecule has 0 aliphatic carbocycles. The van der Waals surface area contributed by atoms with Crippen molar-refractivity contribution in [1.29, 1.82) is 0 Å². The normalized spacial score (nSPS) is 24.9. The first-order valence-corrected chi connectivity index (χ1v) is 7.68. The minimum absolute atomic E-state index is 0.237. The second kappa shape index (κ2) is 7.06. The molecule has 3 heterocycles. The van der Waals surface area contributed by atoms with Crippen LogP contribution in [0.25, 0.3) is 0 Å². The molecule has 0 radical (unpaired) electrons. The smallest absolute Gasteiger partial charge is 0.0936 e. The van der Waals surface area contributed by atoms with Crippen molar-refractivity contribution in [3.8, 4) is 0 Å². The van der Waals surface area contributed by atoms with Gasteiger partial charge in [-0.15, -0.1) is 0 Å². The fraction of sp³-hybridized carbons (Fsp3) is 0.667. The van der Waals surface area contributed by atoms with Gasteiger partial charge in [0.15, 0.2) is 0 Å². The largest absolute Gasteiger partial charge is 0.397 e. The number of hydrogen-bond donors (Lipinski definition) is 2. The molecular weight excluding hydrogens is 268 g/mol. The molecule has 1 atom stereocenters. The van der Waals surface area contributed by atoms with Gasteiger partial charge in [-0.3, -0.25) is 4.98 Å². The van der Waals surface area contributed by atoms with E-state index in [2.05, 4.69) is 15.2 Å². The van der Waals surface area contributed by atoms with Crippen LogP contribution >= 0.6 is 0 Å². The highest BCUT2D eigenvalue weighted by Gasteiger charge is 2.23. The van der Waals surface area contributed by atoms with E-state index >= 15 is 0 Å². The van der Waals surface area contributed by atoms with E-state index in [9.17, 15) is 0 Å². The van der Waals surface area contributed by atoms with Gasteiger partial charge < -0.3 is 25.4 Å². The molecular formula is C15H24N4O2. The highest BCUT2D eigenvalue weighted by atomic mass is 16.6. The first-order valence-electron chi connectivity index (χ1n) is 7.68. The molecule has 21 heavy (non-hydrogen) atoms. The maximum absolute atomic E-state index is 5.75. The maximum atomic E-state index is 5.75. The van der Waals surface area contributed by atoms with Gasteiger partial charge >= 0.3 is 0 Å². The van der Waals surface area contributed by atoms with Crippen molar-refractivity contribution in [3.63, 3.8) is 0 Å². The number of pyridine rings is 1. The minimum atomic E-state index is 0.237. The van der Waals surface area contributed by atoms with Gasteiger partial charge in [-0.25, -0.2) is 0 Å². The Morgan fingerprint density at radius 3 is 2.86 bits per heavy atom. The Labute approximate surface area is 125 Å². The SMILES string of the molecule is Nc1cncc(NC2CCN(CC3COCCO3)CC2)c1. The standard InChI is InChI=1S/C15H24N4O2/c16-12-7-14(9-17-8-12)18-13-1-3-19(4-2-13)10-15-11-20-5-6-21-15/h7-9,13,15,18H,1-6,10-11,16H2.